The third kappa shape index (κ3) is 4.07. The zero-order chi connectivity index (χ0) is 15.3. The van der Waals surface area contributed by atoms with Crippen molar-refractivity contribution in [1.29, 1.82) is 0 Å². The van der Waals surface area contributed by atoms with Crippen LogP contribution in [0.2, 0.25) is 0 Å². The van der Waals surface area contributed by atoms with Crippen molar-refractivity contribution in [2.24, 2.45) is 0 Å². The number of hydrogen-bond acceptors (Lipinski definition) is 4. The number of halogens is 1. The lowest BCUT2D eigenvalue weighted by Crippen LogP contribution is -2.23. The van der Waals surface area contributed by atoms with E-state index in [4.69, 9.17) is 0 Å². The molecule has 0 saturated heterocycles. The fourth-order valence-electron chi connectivity index (χ4n) is 1.81. The summed E-state index contributed by atoms with van der Waals surface area (Å²) in [5.41, 5.74) is 1.06. The van der Waals surface area contributed by atoms with Crippen LogP contribution in [0.5, 0.6) is 0 Å². The van der Waals surface area contributed by atoms with Crippen LogP contribution in [0.4, 0.5) is 4.39 Å². The maximum absolute atomic E-state index is 13.5. The highest BCUT2D eigenvalue weighted by molar-refractivity contribution is 7.89. The lowest BCUT2D eigenvalue weighted by Gasteiger charge is -2.09. The minimum absolute atomic E-state index is 0.0399. The fraction of sp³-hybridized carbons (Fsp3) is 0.214. The van der Waals surface area contributed by atoms with E-state index in [1.807, 2.05) is 0 Å². The molecule has 2 aromatic rings. The molecule has 0 saturated carbocycles. The summed E-state index contributed by atoms with van der Waals surface area (Å²) < 4.78 is 40.4. The summed E-state index contributed by atoms with van der Waals surface area (Å²) in [5.74, 6) is -0.435. The van der Waals surface area contributed by atoms with Crippen molar-refractivity contribution in [3.05, 3.63) is 59.7 Å². The van der Waals surface area contributed by atoms with Gasteiger partial charge in [-0.2, -0.15) is 0 Å². The zero-order valence-electron chi connectivity index (χ0n) is 11.5. The first-order valence-electron chi connectivity index (χ1n) is 6.34. The second-order valence-corrected chi connectivity index (χ2v) is 6.24. The summed E-state index contributed by atoms with van der Waals surface area (Å²) in [4.78, 5) is 3.96. The van der Waals surface area contributed by atoms with Gasteiger partial charge in [-0.15, -0.1) is 0 Å². The van der Waals surface area contributed by atoms with E-state index in [9.17, 15) is 12.8 Å². The first-order chi connectivity index (χ1) is 10.0. The second kappa shape index (κ2) is 6.75. The topological polar surface area (TPSA) is 71.1 Å². The number of pyridine rings is 1. The van der Waals surface area contributed by atoms with Gasteiger partial charge in [0, 0.05) is 31.0 Å². The first-order valence-corrected chi connectivity index (χ1v) is 7.83. The van der Waals surface area contributed by atoms with E-state index in [0.717, 1.165) is 11.6 Å². The fourth-order valence-corrected chi connectivity index (χ4v) is 2.88. The molecule has 21 heavy (non-hydrogen) atoms. The largest absolute Gasteiger partial charge is 0.316 e. The van der Waals surface area contributed by atoms with Crippen LogP contribution >= 0.6 is 0 Å². The van der Waals surface area contributed by atoms with E-state index in [0.29, 0.717) is 5.56 Å². The molecule has 0 fully saturated rings. The Kier molecular flexibility index (Phi) is 5.00. The molecule has 0 atom stereocenters. The zero-order valence-corrected chi connectivity index (χ0v) is 12.3. The standard InChI is InChI=1S/C14H16FN3O2S/c1-16-10-12-7-13(4-5-14(12)15)21(19,20)18-9-11-3-2-6-17-8-11/h2-8,16,18H,9-10H2,1H3. The molecular formula is C14H16FN3O2S. The summed E-state index contributed by atoms with van der Waals surface area (Å²) in [6.45, 7) is 0.396. The van der Waals surface area contributed by atoms with Crippen molar-refractivity contribution in [2.45, 2.75) is 18.0 Å². The van der Waals surface area contributed by atoms with E-state index >= 15 is 0 Å². The molecule has 0 aliphatic heterocycles. The van der Waals surface area contributed by atoms with Crippen molar-refractivity contribution >= 4 is 10.0 Å². The third-order valence-electron chi connectivity index (χ3n) is 2.88. The normalized spacial score (nSPS) is 11.5. The van der Waals surface area contributed by atoms with Crippen LogP contribution in [-0.4, -0.2) is 20.4 Å². The average molecular weight is 309 g/mol. The predicted molar refractivity (Wildman–Crippen MR) is 77.4 cm³/mol. The SMILES string of the molecule is CNCc1cc(S(=O)(=O)NCc2cccnc2)ccc1F. The van der Waals surface area contributed by atoms with Gasteiger partial charge in [-0.25, -0.2) is 17.5 Å². The van der Waals surface area contributed by atoms with Gasteiger partial charge < -0.3 is 5.32 Å². The Morgan fingerprint density at radius 3 is 2.71 bits per heavy atom. The quantitative estimate of drug-likeness (QED) is 0.846. The summed E-state index contributed by atoms with van der Waals surface area (Å²) in [7, 11) is -2.02. The van der Waals surface area contributed by atoms with E-state index in [1.54, 1.807) is 31.6 Å². The van der Waals surface area contributed by atoms with Crippen molar-refractivity contribution < 1.29 is 12.8 Å². The van der Waals surface area contributed by atoms with Crippen molar-refractivity contribution in [3.63, 3.8) is 0 Å². The minimum Gasteiger partial charge on any atom is -0.316 e. The van der Waals surface area contributed by atoms with Crippen LogP contribution < -0.4 is 10.0 Å². The Hall–Kier alpha value is -1.83. The van der Waals surface area contributed by atoms with Gasteiger partial charge >= 0.3 is 0 Å². The van der Waals surface area contributed by atoms with Gasteiger partial charge in [0.05, 0.1) is 4.90 Å². The molecule has 1 heterocycles. The van der Waals surface area contributed by atoms with Gasteiger partial charge in [0.1, 0.15) is 5.82 Å². The summed E-state index contributed by atoms with van der Waals surface area (Å²) >= 11 is 0. The minimum atomic E-state index is -3.69. The van der Waals surface area contributed by atoms with Crippen LogP contribution in [0, 0.1) is 5.82 Å². The maximum atomic E-state index is 13.5. The van der Waals surface area contributed by atoms with Gasteiger partial charge in [0.25, 0.3) is 0 Å². The van der Waals surface area contributed by atoms with Crippen LogP contribution in [0.3, 0.4) is 0 Å². The molecule has 0 radical (unpaired) electrons. The number of aromatic nitrogens is 1. The number of rotatable bonds is 6. The Labute approximate surface area is 123 Å². The van der Waals surface area contributed by atoms with E-state index in [1.165, 1.54) is 12.1 Å². The molecule has 2 N–H and O–H groups in total. The Balaban J connectivity index is 2.17. The van der Waals surface area contributed by atoms with Crippen molar-refractivity contribution in [3.8, 4) is 0 Å². The molecule has 7 heteroatoms. The molecule has 1 aromatic carbocycles. The lowest BCUT2D eigenvalue weighted by molar-refractivity contribution is 0.577. The highest BCUT2D eigenvalue weighted by Crippen LogP contribution is 2.15. The smallest absolute Gasteiger partial charge is 0.240 e. The summed E-state index contributed by atoms with van der Waals surface area (Å²) in [5, 5.41) is 2.80. The van der Waals surface area contributed by atoms with E-state index < -0.39 is 15.8 Å². The second-order valence-electron chi connectivity index (χ2n) is 4.47. The molecule has 112 valence electrons. The Morgan fingerprint density at radius 1 is 1.24 bits per heavy atom. The van der Waals surface area contributed by atoms with Gasteiger partial charge in [-0.3, -0.25) is 4.98 Å². The van der Waals surface area contributed by atoms with Crippen LogP contribution in [0.15, 0.2) is 47.6 Å². The summed E-state index contributed by atoms with van der Waals surface area (Å²) in [6, 6.07) is 7.24. The summed E-state index contributed by atoms with van der Waals surface area (Å²) in [6.07, 6.45) is 3.20. The predicted octanol–water partition coefficient (Wildman–Crippen LogP) is 1.42. The van der Waals surface area contributed by atoms with E-state index in [2.05, 4.69) is 15.0 Å². The average Bonchev–Trinajstić information content (AvgIpc) is 2.49. The highest BCUT2D eigenvalue weighted by Gasteiger charge is 2.15. The molecule has 5 nitrogen and oxygen atoms in total. The number of sulfonamides is 1. The first kappa shape index (κ1) is 15.6. The van der Waals surface area contributed by atoms with Crippen molar-refractivity contribution in [1.82, 2.24) is 15.0 Å². The van der Waals surface area contributed by atoms with Crippen molar-refractivity contribution in [2.75, 3.05) is 7.05 Å². The van der Waals surface area contributed by atoms with Gasteiger partial charge in [-0.1, -0.05) is 6.07 Å². The Bertz CT molecular complexity index is 705. The molecule has 0 aliphatic rings. The molecule has 0 bridgehead atoms. The molecule has 0 amide bonds. The van der Waals surface area contributed by atoms with Crippen LogP contribution in [0.25, 0.3) is 0 Å². The molecule has 0 unspecified atom stereocenters. The number of hydrogen-bond donors (Lipinski definition) is 2. The number of nitrogens with zero attached hydrogens (tertiary/aromatic N) is 1. The van der Waals surface area contributed by atoms with Gasteiger partial charge in [-0.05, 0) is 36.9 Å². The Morgan fingerprint density at radius 2 is 2.05 bits per heavy atom. The molecular weight excluding hydrogens is 293 g/mol. The lowest BCUT2D eigenvalue weighted by atomic mass is 10.2. The van der Waals surface area contributed by atoms with Crippen LogP contribution in [-0.2, 0) is 23.1 Å². The molecule has 0 aliphatic carbocycles. The molecule has 1 aromatic heterocycles. The monoisotopic (exact) mass is 309 g/mol. The maximum Gasteiger partial charge on any atom is 0.240 e. The molecule has 2 rings (SSSR count). The van der Waals surface area contributed by atoms with Gasteiger partial charge in [0.15, 0.2) is 0 Å². The third-order valence-corrected chi connectivity index (χ3v) is 4.28. The van der Waals surface area contributed by atoms with E-state index in [-0.39, 0.29) is 18.0 Å². The van der Waals surface area contributed by atoms with Gasteiger partial charge in [0.2, 0.25) is 10.0 Å². The van der Waals surface area contributed by atoms with Crippen LogP contribution in [0.1, 0.15) is 11.1 Å². The molecule has 0 spiro atoms. The number of nitrogens with one attached hydrogen (secondary N) is 2. The highest BCUT2D eigenvalue weighted by atomic mass is 32.2. The number of benzene rings is 1.